The number of ether oxygens (including phenoxy) is 1. The average Bonchev–Trinajstić information content (AvgIpc) is 2.35. The summed E-state index contributed by atoms with van der Waals surface area (Å²) >= 11 is 0. The number of nitrogens with one attached hydrogen (secondary N) is 1. The fourth-order valence-electron chi connectivity index (χ4n) is 2.55. The van der Waals surface area contributed by atoms with Gasteiger partial charge in [0.15, 0.2) is 0 Å². The van der Waals surface area contributed by atoms with Crippen molar-refractivity contribution in [2.75, 3.05) is 26.8 Å². The van der Waals surface area contributed by atoms with Crippen molar-refractivity contribution in [2.45, 2.75) is 41.0 Å². The maximum atomic E-state index is 5.10. The quantitative estimate of drug-likeness (QED) is 0.767. The van der Waals surface area contributed by atoms with Crippen LogP contribution in [0.5, 0.6) is 0 Å². The highest BCUT2D eigenvalue weighted by Crippen LogP contribution is 2.30. The Hall–Kier alpha value is -0.860. The summed E-state index contributed by atoms with van der Waals surface area (Å²) in [6, 6.07) is 6.60. The predicted octanol–water partition coefficient (Wildman–Crippen LogP) is 3.74. The second kappa shape index (κ2) is 7.80. The van der Waals surface area contributed by atoms with Crippen molar-refractivity contribution in [3.05, 3.63) is 34.9 Å². The molecule has 0 saturated heterocycles. The van der Waals surface area contributed by atoms with E-state index in [-0.39, 0.29) is 0 Å². The molecule has 2 heteroatoms. The molecule has 0 heterocycles. The highest BCUT2D eigenvalue weighted by Gasteiger charge is 2.25. The largest absolute Gasteiger partial charge is 0.383 e. The van der Waals surface area contributed by atoms with Crippen molar-refractivity contribution >= 4 is 0 Å². The van der Waals surface area contributed by atoms with Crippen LogP contribution in [0.1, 0.15) is 37.5 Å². The SMILES string of the molecule is COCCNCC(Cc1c(C)cccc1C)C(C)(C)C. The van der Waals surface area contributed by atoms with Gasteiger partial charge in [-0.15, -0.1) is 0 Å². The second-order valence-corrected chi connectivity index (χ2v) is 6.83. The van der Waals surface area contributed by atoms with Crippen LogP contribution in [0.4, 0.5) is 0 Å². The molecule has 1 N–H and O–H groups in total. The summed E-state index contributed by atoms with van der Waals surface area (Å²) in [5, 5.41) is 3.53. The molecule has 1 unspecified atom stereocenters. The molecule has 0 fully saturated rings. The monoisotopic (exact) mass is 277 g/mol. The molecule has 2 nitrogen and oxygen atoms in total. The molecule has 20 heavy (non-hydrogen) atoms. The summed E-state index contributed by atoms with van der Waals surface area (Å²) in [5.41, 5.74) is 4.64. The van der Waals surface area contributed by atoms with Gasteiger partial charge in [0.2, 0.25) is 0 Å². The standard InChI is InChI=1S/C18H31NO/c1-14-8-7-9-15(2)17(14)12-16(18(3,4)5)13-19-10-11-20-6/h7-9,16,19H,10-13H2,1-6H3. The maximum Gasteiger partial charge on any atom is 0.0587 e. The third kappa shape index (κ3) is 5.26. The van der Waals surface area contributed by atoms with E-state index >= 15 is 0 Å². The highest BCUT2D eigenvalue weighted by atomic mass is 16.5. The first-order chi connectivity index (χ1) is 9.36. The molecule has 0 radical (unpaired) electrons. The van der Waals surface area contributed by atoms with E-state index in [1.54, 1.807) is 7.11 Å². The Balaban J connectivity index is 2.75. The molecule has 1 aromatic carbocycles. The maximum absolute atomic E-state index is 5.10. The molecule has 0 amide bonds. The summed E-state index contributed by atoms with van der Waals surface area (Å²) in [6.45, 7) is 14.2. The average molecular weight is 277 g/mol. The lowest BCUT2D eigenvalue weighted by Gasteiger charge is -2.32. The van der Waals surface area contributed by atoms with E-state index in [2.05, 4.69) is 58.1 Å². The smallest absolute Gasteiger partial charge is 0.0587 e. The van der Waals surface area contributed by atoms with Crippen LogP contribution in [0.3, 0.4) is 0 Å². The van der Waals surface area contributed by atoms with Crippen LogP contribution in [0.25, 0.3) is 0 Å². The van der Waals surface area contributed by atoms with E-state index in [4.69, 9.17) is 4.74 Å². The molecule has 0 saturated carbocycles. The molecular formula is C18H31NO. The molecule has 0 aliphatic carbocycles. The molecule has 1 rings (SSSR count). The van der Waals surface area contributed by atoms with E-state index in [0.717, 1.165) is 26.1 Å². The molecule has 0 spiro atoms. The summed E-state index contributed by atoms with van der Waals surface area (Å²) < 4.78 is 5.10. The van der Waals surface area contributed by atoms with Gasteiger partial charge in [-0.1, -0.05) is 39.0 Å². The molecule has 0 bridgehead atoms. The van der Waals surface area contributed by atoms with Crippen LogP contribution in [0.15, 0.2) is 18.2 Å². The van der Waals surface area contributed by atoms with Crippen LogP contribution in [-0.4, -0.2) is 26.8 Å². The van der Waals surface area contributed by atoms with E-state index in [9.17, 15) is 0 Å². The normalized spacial score (nSPS) is 13.5. The number of hydrogen-bond acceptors (Lipinski definition) is 2. The molecule has 114 valence electrons. The Bertz CT molecular complexity index is 386. The minimum Gasteiger partial charge on any atom is -0.383 e. The van der Waals surface area contributed by atoms with Gasteiger partial charge in [-0.2, -0.15) is 0 Å². The van der Waals surface area contributed by atoms with E-state index in [1.807, 2.05) is 0 Å². The Kier molecular flexibility index (Phi) is 6.70. The second-order valence-electron chi connectivity index (χ2n) is 6.83. The van der Waals surface area contributed by atoms with Gasteiger partial charge in [0.25, 0.3) is 0 Å². The van der Waals surface area contributed by atoms with Crippen molar-refractivity contribution in [3.63, 3.8) is 0 Å². The highest BCUT2D eigenvalue weighted by molar-refractivity contribution is 5.34. The zero-order valence-corrected chi connectivity index (χ0v) is 14.0. The van der Waals surface area contributed by atoms with Crippen LogP contribution in [-0.2, 0) is 11.2 Å². The van der Waals surface area contributed by atoms with E-state index < -0.39 is 0 Å². The number of rotatable bonds is 7. The first kappa shape index (κ1) is 17.2. The number of aryl methyl sites for hydroxylation is 2. The molecule has 0 aliphatic heterocycles. The zero-order chi connectivity index (χ0) is 15.2. The van der Waals surface area contributed by atoms with E-state index in [0.29, 0.717) is 11.3 Å². The van der Waals surface area contributed by atoms with Gasteiger partial charge < -0.3 is 10.1 Å². The van der Waals surface area contributed by atoms with Gasteiger partial charge in [-0.05, 0) is 54.8 Å². The van der Waals surface area contributed by atoms with Crippen molar-refractivity contribution < 1.29 is 4.74 Å². The Labute approximate surface area is 124 Å². The lowest BCUT2D eigenvalue weighted by atomic mass is 9.76. The van der Waals surface area contributed by atoms with E-state index in [1.165, 1.54) is 16.7 Å². The third-order valence-corrected chi connectivity index (χ3v) is 4.19. The Morgan fingerprint density at radius 3 is 2.25 bits per heavy atom. The number of methoxy groups -OCH3 is 1. The van der Waals surface area contributed by atoms with Crippen molar-refractivity contribution in [2.24, 2.45) is 11.3 Å². The molecule has 0 aromatic heterocycles. The number of benzene rings is 1. The minimum absolute atomic E-state index is 0.300. The topological polar surface area (TPSA) is 21.3 Å². The lowest BCUT2D eigenvalue weighted by Crippen LogP contribution is -2.35. The molecule has 1 atom stereocenters. The summed E-state index contributed by atoms with van der Waals surface area (Å²) in [6.07, 6.45) is 1.14. The van der Waals surface area contributed by atoms with Crippen LogP contribution >= 0.6 is 0 Å². The number of hydrogen-bond donors (Lipinski definition) is 1. The lowest BCUT2D eigenvalue weighted by molar-refractivity contribution is 0.186. The van der Waals surface area contributed by atoms with Crippen LogP contribution in [0, 0.1) is 25.2 Å². The van der Waals surface area contributed by atoms with Crippen molar-refractivity contribution in [3.8, 4) is 0 Å². The van der Waals surface area contributed by atoms with Crippen LogP contribution < -0.4 is 5.32 Å². The summed E-state index contributed by atoms with van der Waals surface area (Å²) in [7, 11) is 1.75. The molecule has 0 aliphatic rings. The first-order valence-corrected chi connectivity index (χ1v) is 7.61. The third-order valence-electron chi connectivity index (χ3n) is 4.19. The van der Waals surface area contributed by atoms with Gasteiger partial charge in [0, 0.05) is 13.7 Å². The predicted molar refractivity (Wildman–Crippen MR) is 87.3 cm³/mol. The first-order valence-electron chi connectivity index (χ1n) is 7.61. The van der Waals surface area contributed by atoms with Crippen molar-refractivity contribution in [1.82, 2.24) is 5.32 Å². The fourth-order valence-corrected chi connectivity index (χ4v) is 2.55. The van der Waals surface area contributed by atoms with Gasteiger partial charge in [0.1, 0.15) is 0 Å². The summed E-state index contributed by atoms with van der Waals surface area (Å²) in [5.74, 6) is 0.624. The molecule has 1 aromatic rings. The zero-order valence-electron chi connectivity index (χ0n) is 14.0. The molecular weight excluding hydrogens is 246 g/mol. The van der Waals surface area contributed by atoms with Gasteiger partial charge in [-0.3, -0.25) is 0 Å². The Morgan fingerprint density at radius 2 is 1.75 bits per heavy atom. The van der Waals surface area contributed by atoms with Gasteiger partial charge in [-0.25, -0.2) is 0 Å². The van der Waals surface area contributed by atoms with Crippen LogP contribution in [0.2, 0.25) is 0 Å². The minimum atomic E-state index is 0.300. The van der Waals surface area contributed by atoms with Gasteiger partial charge >= 0.3 is 0 Å². The summed E-state index contributed by atoms with van der Waals surface area (Å²) in [4.78, 5) is 0. The Morgan fingerprint density at radius 1 is 1.15 bits per heavy atom. The van der Waals surface area contributed by atoms with Crippen molar-refractivity contribution in [1.29, 1.82) is 0 Å². The fraction of sp³-hybridized carbons (Fsp3) is 0.667. The van der Waals surface area contributed by atoms with Gasteiger partial charge in [0.05, 0.1) is 6.61 Å².